The van der Waals surface area contributed by atoms with Crippen molar-refractivity contribution in [3.63, 3.8) is 0 Å². The van der Waals surface area contributed by atoms with Crippen molar-refractivity contribution in [2.75, 3.05) is 5.32 Å². The molecule has 4 heteroatoms. The molecule has 1 heterocycles. The van der Waals surface area contributed by atoms with E-state index >= 15 is 0 Å². The summed E-state index contributed by atoms with van der Waals surface area (Å²) < 4.78 is 0.971. The Morgan fingerprint density at radius 2 is 2.11 bits per heavy atom. The highest BCUT2D eigenvalue weighted by molar-refractivity contribution is 9.10. The molecular weight excluding hydrogens is 308 g/mol. The van der Waals surface area contributed by atoms with E-state index in [4.69, 9.17) is 5.26 Å². The third-order valence-electron chi connectivity index (χ3n) is 2.66. The van der Waals surface area contributed by atoms with Crippen molar-refractivity contribution in [3.05, 3.63) is 50.1 Å². The molecule has 1 aromatic carbocycles. The molecule has 0 aliphatic carbocycles. The third kappa shape index (κ3) is 2.92. The molecule has 2 nitrogen and oxygen atoms in total. The predicted molar refractivity (Wildman–Crippen MR) is 80.0 cm³/mol. The van der Waals surface area contributed by atoms with Gasteiger partial charge in [0.05, 0.1) is 17.3 Å². The predicted octanol–water partition coefficient (Wildman–Crippen LogP) is 4.86. The second kappa shape index (κ2) is 5.55. The summed E-state index contributed by atoms with van der Waals surface area (Å²) in [6.45, 7) is 4.20. The Morgan fingerprint density at radius 1 is 1.33 bits per heavy atom. The third-order valence-corrected chi connectivity index (χ3v) is 4.34. The molecule has 0 radical (unpaired) electrons. The first-order chi connectivity index (χ1) is 8.60. The van der Waals surface area contributed by atoms with Gasteiger partial charge in [-0.2, -0.15) is 5.26 Å². The smallest absolute Gasteiger partial charge is 0.101 e. The first kappa shape index (κ1) is 13.1. The van der Waals surface area contributed by atoms with Gasteiger partial charge in [0.1, 0.15) is 6.07 Å². The van der Waals surface area contributed by atoms with Crippen LogP contribution in [0.3, 0.4) is 0 Å². The van der Waals surface area contributed by atoms with E-state index in [0.717, 1.165) is 10.2 Å². The summed E-state index contributed by atoms with van der Waals surface area (Å²) in [5, 5.41) is 12.5. The summed E-state index contributed by atoms with van der Waals surface area (Å²) in [6, 6.07) is 12.3. The lowest BCUT2D eigenvalue weighted by atomic mass is 10.1. The molecule has 1 N–H and O–H groups in total. The zero-order chi connectivity index (χ0) is 13.1. The fourth-order valence-electron chi connectivity index (χ4n) is 1.72. The Balaban J connectivity index is 2.24. The van der Waals surface area contributed by atoms with Gasteiger partial charge in [-0.3, -0.25) is 0 Å². The number of rotatable bonds is 3. The molecule has 1 atom stereocenters. The minimum absolute atomic E-state index is 0.199. The summed E-state index contributed by atoms with van der Waals surface area (Å²) in [7, 11) is 0. The highest BCUT2D eigenvalue weighted by Crippen LogP contribution is 2.28. The molecule has 0 aliphatic rings. The largest absolute Gasteiger partial charge is 0.377 e. The topological polar surface area (TPSA) is 35.8 Å². The average molecular weight is 321 g/mol. The SMILES string of the molecule is Cc1ccc(C(C)Nc2cc(Br)ccc2C#N)s1. The summed E-state index contributed by atoms with van der Waals surface area (Å²) in [5.74, 6) is 0. The highest BCUT2D eigenvalue weighted by Gasteiger charge is 2.10. The van der Waals surface area contributed by atoms with Crippen LogP contribution >= 0.6 is 27.3 Å². The van der Waals surface area contributed by atoms with Gasteiger partial charge in [-0.05, 0) is 44.2 Å². The Morgan fingerprint density at radius 3 is 2.72 bits per heavy atom. The number of anilines is 1. The number of hydrogen-bond donors (Lipinski definition) is 1. The molecule has 0 amide bonds. The second-order valence-corrected chi connectivity index (χ2v) is 6.35. The fraction of sp³-hybridized carbons (Fsp3) is 0.214. The molecule has 0 fully saturated rings. The molecule has 92 valence electrons. The van der Waals surface area contributed by atoms with E-state index in [2.05, 4.69) is 53.3 Å². The number of nitrogens with zero attached hydrogens (tertiary/aromatic N) is 1. The van der Waals surface area contributed by atoms with Crippen molar-refractivity contribution in [3.8, 4) is 6.07 Å². The maximum Gasteiger partial charge on any atom is 0.101 e. The van der Waals surface area contributed by atoms with E-state index in [9.17, 15) is 0 Å². The van der Waals surface area contributed by atoms with Crippen LogP contribution in [0.4, 0.5) is 5.69 Å². The van der Waals surface area contributed by atoms with Gasteiger partial charge in [-0.25, -0.2) is 0 Å². The number of thiophene rings is 1. The Bertz CT molecular complexity index is 598. The molecule has 0 saturated carbocycles. The van der Waals surface area contributed by atoms with Crippen molar-refractivity contribution in [2.45, 2.75) is 19.9 Å². The Kier molecular flexibility index (Phi) is 4.05. The van der Waals surface area contributed by atoms with Crippen molar-refractivity contribution in [1.82, 2.24) is 0 Å². The number of aryl methyl sites for hydroxylation is 1. The summed E-state index contributed by atoms with van der Waals surface area (Å²) in [5.41, 5.74) is 1.53. The Hall–Kier alpha value is -1.31. The van der Waals surface area contributed by atoms with Gasteiger partial charge in [0.15, 0.2) is 0 Å². The lowest BCUT2D eigenvalue weighted by molar-refractivity contribution is 0.907. The minimum atomic E-state index is 0.199. The summed E-state index contributed by atoms with van der Waals surface area (Å²) in [6.07, 6.45) is 0. The second-order valence-electron chi connectivity index (χ2n) is 4.12. The average Bonchev–Trinajstić information content (AvgIpc) is 2.76. The highest BCUT2D eigenvalue weighted by atomic mass is 79.9. The molecule has 0 spiro atoms. The van der Waals surface area contributed by atoms with Crippen molar-refractivity contribution < 1.29 is 0 Å². The van der Waals surface area contributed by atoms with Gasteiger partial charge in [-0.1, -0.05) is 15.9 Å². The number of hydrogen-bond acceptors (Lipinski definition) is 3. The van der Waals surface area contributed by atoms with E-state index in [0.29, 0.717) is 5.56 Å². The fourth-order valence-corrected chi connectivity index (χ4v) is 2.96. The van der Waals surface area contributed by atoms with Gasteiger partial charge in [0, 0.05) is 14.2 Å². The van der Waals surface area contributed by atoms with Crippen molar-refractivity contribution >= 4 is 33.0 Å². The molecule has 0 aliphatic heterocycles. The van der Waals surface area contributed by atoms with Crippen LogP contribution in [0, 0.1) is 18.3 Å². The van der Waals surface area contributed by atoms with E-state index < -0.39 is 0 Å². The minimum Gasteiger partial charge on any atom is -0.377 e. The van der Waals surface area contributed by atoms with Crippen LogP contribution < -0.4 is 5.32 Å². The number of nitrogens with one attached hydrogen (secondary N) is 1. The van der Waals surface area contributed by atoms with Crippen LogP contribution in [0.15, 0.2) is 34.8 Å². The quantitative estimate of drug-likeness (QED) is 0.876. The molecular formula is C14H13BrN2S. The number of benzene rings is 1. The lowest BCUT2D eigenvalue weighted by Gasteiger charge is -2.15. The first-order valence-corrected chi connectivity index (χ1v) is 7.23. The van der Waals surface area contributed by atoms with Crippen molar-refractivity contribution in [2.24, 2.45) is 0 Å². The van der Waals surface area contributed by atoms with Crippen LogP contribution in [0.5, 0.6) is 0 Å². The molecule has 18 heavy (non-hydrogen) atoms. The lowest BCUT2D eigenvalue weighted by Crippen LogP contribution is -2.06. The normalized spacial score (nSPS) is 11.9. The number of nitriles is 1. The van der Waals surface area contributed by atoms with Crippen LogP contribution in [0.25, 0.3) is 0 Å². The van der Waals surface area contributed by atoms with Crippen LogP contribution in [0.1, 0.15) is 28.3 Å². The number of halogens is 1. The molecule has 2 rings (SSSR count). The van der Waals surface area contributed by atoms with Crippen LogP contribution in [0.2, 0.25) is 0 Å². The summed E-state index contributed by atoms with van der Waals surface area (Å²) in [4.78, 5) is 2.57. The van der Waals surface area contributed by atoms with E-state index in [1.54, 1.807) is 11.3 Å². The van der Waals surface area contributed by atoms with Gasteiger partial charge < -0.3 is 5.32 Å². The molecule has 1 unspecified atom stereocenters. The first-order valence-electron chi connectivity index (χ1n) is 5.62. The summed E-state index contributed by atoms with van der Waals surface area (Å²) >= 11 is 5.20. The van der Waals surface area contributed by atoms with Gasteiger partial charge in [0.2, 0.25) is 0 Å². The van der Waals surface area contributed by atoms with Crippen LogP contribution in [-0.4, -0.2) is 0 Å². The van der Waals surface area contributed by atoms with Gasteiger partial charge in [-0.15, -0.1) is 11.3 Å². The molecule has 0 bridgehead atoms. The van der Waals surface area contributed by atoms with E-state index in [-0.39, 0.29) is 6.04 Å². The maximum absolute atomic E-state index is 9.09. The molecule has 2 aromatic rings. The molecule has 1 aromatic heterocycles. The zero-order valence-corrected chi connectivity index (χ0v) is 12.6. The Labute approximate surface area is 119 Å². The van der Waals surface area contributed by atoms with Gasteiger partial charge >= 0.3 is 0 Å². The van der Waals surface area contributed by atoms with Crippen LogP contribution in [-0.2, 0) is 0 Å². The van der Waals surface area contributed by atoms with Crippen molar-refractivity contribution in [1.29, 1.82) is 5.26 Å². The standard InChI is InChI=1S/C14H13BrN2S/c1-9-3-6-14(18-9)10(2)17-13-7-12(15)5-4-11(13)8-16/h3-7,10,17H,1-2H3. The van der Waals surface area contributed by atoms with E-state index in [1.807, 2.05) is 18.2 Å². The molecule has 0 saturated heterocycles. The van der Waals surface area contributed by atoms with Gasteiger partial charge in [0.25, 0.3) is 0 Å². The van der Waals surface area contributed by atoms with E-state index in [1.165, 1.54) is 9.75 Å². The monoisotopic (exact) mass is 320 g/mol. The zero-order valence-electron chi connectivity index (χ0n) is 10.2. The maximum atomic E-state index is 9.09.